The summed E-state index contributed by atoms with van der Waals surface area (Å²) in [7, 11) is 1.89. The van der Waals surface area contributed by atoms with Crippen molar-refractivity contribution in [2.75, 3.05) is 4.90 Å². The maximum absolute atomic E-state index is 13.1. The van der Waals surface area contributed by atoms with E-state index in [0.29, 0.717) is 21.8 Å². The van der Waals surface area contributed by atoms with Crippen molar-refractivity contribution >= 4 is 52.1 Å². The first kappa shape index (κ1) is 18.0. The number of halogens is 1. The highest BCUT2D eigenvalue weighted by Crippen LogP contribution is 2.30. The Bertz CT molecular complexity index is 1190. The van der Waals surface area contributed by atoms with Gasteiger partial charge < -0.3 is 4.57 Å². The van der Waals surface area contributed by atoms with Crippen LogP contribution in [0.25, 0.3) is 17.0 Å². The molecule has 0 bridgehead atoms. The molecule has 1 aliphatic heterocycles. The fourth-order valence-electron chi connectivity index (χ4n) is 3.36. The molecule has 0 spiro atoms. The second-order valence-electron chi connectivity index (χ2n) is 6.55. The van der Waals surface area contributed by atoms with Crippen LogP contribution in [0.2, 0.25) is 5.02 Å². The molecule has 4 rings (SSSR count). The molecule has 7 heteroatoms. The maximum atomic E-state index is 13.1. The van der Waals surface area contributed by atoms with Crippen molar-refractivity contribution < 1.29 is 14.4 Å². The minimum absolute atomic E-state index is 0.115. The second-order valence-corrected chi connectivity index (χ2v) is 6.96. The van der Waals surface area contributed by atoms with E-state index < -0.39 is 17.8 Å². The van der Waals surface area contributed by atoms with Crippen LogP contribution < -0.4 is 10.2 Å². The molecule has 0 unspecified atom stereocenters. The van der Waals surface area contributed by atoms with Gasteiger partial charge >= 0.3 is 6.03 Å². The SMILES string of the molecule is Cc1c(Cl)cccc1N1C(=O)NC(=O)/C(=C\c2cn(C)c3ccccc23)C1=O. The lowest BCUT2D eigenvalue weighted by Gasteiger charge is -2.27. The first-order chi connectivity index (χ1) is 13.4. The highest BCUT2D eigenvalue weighted by molar-refractivity contribution is 6.40. The smallest absolute Gasteiger partial charge is 0.335 e. The highest BCUT2D eigenvalue weighted by atomic mass is 35.5. The van der Waals surface area contributed by atoms with Crippen LogP contribution in [0.1, 0.15) is 11.1 Å². The van der Waals surface area contributed by atoms with Crippen molar-refractivity contribution in [2.45, 2.75) is 6.92 Å². The number of urea groups is 1. The number of carbonyl (C=O) groups excluding carboxylic acids is 3. The molecule has 3 aromatic rings. The summed E-state index contributed by atoms with van der Waals surface area (Å²) in [6.07, 6.45) is 3.35. The molecule has 0 radical (unpaired) electrons. The van der Waals surface area contributed by atoms with E-state index in [1.165, 1.54) is 6.08 Å². The van der Waals surface area contributed by atoms with Crippen LogP contribution in [-0.4, -0.2) is 22.4 Å². The normalized spacial score (nSPS) is 16.2. The quantitative estimate of drug-likeness (QED) is 0.531. The van der Waals surface area contributed by atoms with Crippen LogP contribution in [-0.2, 0) is 16.6 Å². The summed E-state index contributed by atoms with van der Waals surface area (Å²) >= 11 is 6.14. The Kier molecular flexibility index (Phi) is 4.28. The Morgan fingerprint density at radius 3 is 2.57 bits per heavy atom. The van der Waals surface area contributed by atoms with Crippen LogP contribution >= 0.6 is 11.6 Å². The number of anilines is 1. The van der Waals surface area contributed by atoms with E-state index in [1.54, 1.807) is 25.1 Å². The van der Waals surface area contributed by atoms with Gasteiger partial charge in [0.15, 0.2) is 0 Å². The summed E-state index contributed by atoms with van der Waals surface area (Å²) in [6.45, 7) is 1.71. The van der Waals surface area contributed by atoms with E-state index in [4.69, 9.17) is 11.6 Å². The number of barbiturate groups is 1. The minimum atomic E-state index is -0.796. The van der Waals surface area contributed by atoms with E-state index in [9.17, 15) is 14.4 Å². The molecule has 1 N–H and O–H groups in total. The van der Waals surface area contributed by atoms with E-state index in [2.05, 4.69) is 5.32 Å². The third-order valence-electron chi connectivity index (χ3n) is 4.81. The standard InChI is InChI=1S/C21H16ClN3O3/c1-12-16(22)7-5-9-17(12)25-20(27)15(19(26)23-21(25)28)10-13-11-24(2)18-8-4-3-6-14(13)18/h3-11H,1-2H3,(H,23,26,28)/b15-10+. The van der Waals surface area contributed by atoms with E-state index in [1.807, 2.05) is 42.1 Å². The lowest BCUT2D eigenvalue weighted by atomic mass is 10.1. The molecule has 4 amide bonds. The first-order valence-corrected chi connectivity index (χ1v) is 8.97. The number of carbonyl (C=O) groups is 3. The van der Waals surface area contributed by atoms with Crippen LogP contribution in [0, 0.1) is 6.92 Å². The lowest BCUT2D eigenvalue weighted by Crippen LogP contribution is -2.54. The molecule has 0 aliphatic carbocycles. The van der Waals surface area contributed by atoms with Crippen molar-refractivity contribution in [1.29, 1.82) is 0 Å². The topological polar surface area (TPSA) is 71.4 Å². The van der Waals surface area contributed by atoms with Gasteiger partial charge in [-0.3, -0.25) is 14.9 Å². The van der Waals surface area contributed by atoms with Crippen molar-refractivity contribution in [3.8, 4) is 0 Å². The van der Waals surface area contributed by atoms with Gasteiger partial charge in [0.25, 0.3) is 11.8 Å². The van der Waals surface area contributed by atoms with Gasteiger partial charge in [-0.1, -0.05) is 35.9 Å². The predicted octanol–water partition coefficient (Wildman–Crippen LogP) is 3.81. The van der Waals surface area contributed by atoms with E-state index in [-0.39, 0.29) is 5.57 Å². The molecule has 2 heterocycles. The molecule has 0 atom stereocenters. The van der Waals surface area contributed by atoms with Crippen molar-refractivity contribution in [1.82, 2.24) is 9.88 Å². The Morgan fingerprint density at radius 1 is 1.04 bits per heavy atom. The van der Waals surface area contributed by atoms with E-state index >= 15 is 0 Å². The minimum Gasteiger partial charge on any atom is -0.350 e. The summed E-state index contributed by atoms with van der Waals surface area (Å²) in [5.74, 6) is -1.41. The largest absolute Gasteiger partial charge is 0.350 e. The lowest BCUT2D eigenvalue weighted by molar-refractivity contribution is -0.122. The molecule has 1 saturated heterocycles. The van der Waals surface area contributed by atoms with Crippen molar-refractivity contribution in [2.24, 2.45) is 7.05 Å². The Morgan fingerprint density at radius 2 is 1.79 bits per heavy atom. The number of rotatable bonds is 2. The zero-order chi connectivity index (χ0) is 20.0. The molecular weight excluding hydrogens is 378 g/mol. The second kappa shape index (κ2) is 6.65. The van der Waals surface area contributed by atoms with Crippen LogP contribution in [0.15, 0.2) is 54.2 Å². The van der Waals surface area contributed by atoms with Gasteiger partial charge in [0.2, 0.25) is 0 Å². The number of fused-ring (bicyclic) bond motifs is 1. The molecule has 6 nitrogen and oxygen atoms in total. The average molecular weight is 394 g/mol. The fraction of sp³-hybridized carbons (Fsp3) is 0.0952. The Balaban J connectivity index is 1.84. The number of aryl methyl sites for hydroxylation is 1. The van der Waals surface area contributed by atoms with E-state index in [0.717, 1.165) is 15.8 Å². The predicted molar refractivity (Wildman–Crippen MR) is 108 cm³/mol. The number of benzene rings is 2. The van der Waals surface area contributed by atoms with Gasteiger partial charge in [-0.2, -0.15) is 0 Å². The molecule has 0 saturated carbocycles. The van der Waals surface area contributed by atoms with Crippen molar-refractivity contribution in [3.05, 3.63) is 70.4 Å². The number of amides is 4. The zero-order valence-electron chi connectivity index (χ0n) is 15.2. The number of hydrogen-bond donors (Lipinski definition) is 1. The molecule has 1 aliphatic rings. The molecule has 1 fully saturated rings. The fourth-order valence-corrected chi connectivity index (χ4v) is 3.53. The number of aromatic nitrogens is 1. The van der Waals surface area contributed by atoms with Gasteiger partial charge in [-0.05, 0) is 36.8 Å². The summed E-state index contributed by atoms with van der Waals surface area (Å²) < 4.78 is 1.91. The Hall–Kier alpha value is -3.38. The van der Waals surface area contributed by atoms with Crippen LogP contribution in [0.4, 0.5) is 10.5 Å². The van der Waals surface area contributed by atoms with Gasteiger partial charge in [0.05, 0.1) is 5.69 Å². The number of nitrogens with one attached hydrogen (secondary N) is 1. The molecule has 1 aromatic heterocycles. The summed E-state index contributed by atoms with van der Waals surface area (Å²) in [4.78, 5) is 38.8. The number of imide groups is 2. The number of para-hydroxylation sites is 1. The molecule has 140 valence electrons. The van der Waals surface area contributed by atoms with Crippen LogP contribution in [0.3, 0.4) is 0 Å². The highest BCUT2D eigenvalue weighted by Gasteiger charge is 2.37. The third-order valence-corrected chi connectivity index (χ3v) is 5.22. The number of nitrogens with zero attached hydrogens (tertiary/aromatic N) is 2. The molecule has 2 aromatic carbocycles. The first-order valence-electron chi connectivity index (χ1n) is 8.59. The van der Waals surface area contributed by atoms with Crippen molar-refractivity contribution in [3.63, 3.8) is 0 Å². The third kappa shape index (κ3) is 2.78. The Labute approximate surface area is 166 Å². The van der Waals surface area contributed by atoms with Gasteiger partial charge in [-0.25, -0.2) is 9.69 Å². The van der Waals surface area contributed by atoms with Gasteiger partial charge in [0, 0.05) is 34.7 Å². The summed E-state index contributed by atoms with van der Waals surface area (Å²) in [5, 5.41) is 3.57. The zero-order valence-corrected chi connectivity index (χ0v) is 15.9. The van der Waals surface area contributed by atoms with Gasteiger partial charge in [0.1, 0.15) is 5.57 Å². The maximum Gasteiger partial charge on any atom is 0.335 e. The monoisotopic (exact) mass is 393 g/mol. The molecule has 28 heavy (non-hydrogen) atoms. The van der Waals surface area contributed by atoms with Gasteiger partial charge in [-0.15, -0.1) is 0 Å². The average Bonchev–Trinajstić information content (AvgIpc) is 2.98. The summed E-state index contributed by atoms with van der Waals surface area (Å²) in [5.41, 5.74) is 2.48. The summed E-state index contributed by atoms with van der Waals surface area (Å²) in [6, 6.07) is 11.8. The number of hydrogen-bond acceptors (Lipinski definition) is 3. The molecular formula is C21H16ClN3O3. The van der Waals surface area contributed by atoms with Crippen LogP contribution in [0.5, 0.6) is 0 Å².